The van der Waals surface area contributed by atoms with E-state index in [2.05, 4.69) is 10.1 Å². The lowest BCUT2D eigenvalue weighted by Gasteiger charge is -2.22. The van der Waals surface area contributed by atoms with Crippen molar-refractivity contribution >= 4 is 5.91 Å². The first-order chi connectivity index (χ1) is 15.6. The van der Waals surface area contributed by atoms with Gasteiger partial charge in [0.1, 0.15) is 11.6 Å². The Morgan fingerprint density at radius 2 is 2.03 bits per heavy atom. The van der Waals surface area contributed by atoms with Crippen LogP contribution in [0.1, 0.15) is 39.8 Å². The molecule has 4 rings (SSSR count). The molecule has 1 amide bonds. The van der Waals surface area contributed by atoms with Crippen LogP contribution >= 0.6 is 0 Å². The monoisotopic (exact) mass is 459 g/mol. The van der Waals surface area contributed by atoms with Crippen LogP contribution in [0.3, 0.4) is 0 Å². The molecule has 0 spiro atoms. The van der Waals surface area contributed by atoms with Gasteiger partial charge in [-0.25, -0.2) is 9.07 Å². The van der Waals surface area contributed by atoms with Gasteiger partial charge in [-0.05, 0) is 32.0 Å². The molecular formula is C22H17F4N5O2. The molecule has 1 aromatic carbocycles. The van der Waals surface area contributed by atoms with Gasteiger partial charge in [0.25, 0.3) is 5.91 Å². The molecule has 0 saturated heterocycles. The first kappa shape index (κ1) is 22.3. The van der Waals surface area contributed by atoms with Crippen molar-refractivity contribution in [1.29, 1.82) is 5.26 Å². The van der Waals surface area contributed by atoms with Gasteiger partial charge in [0.15, 0.2) is 6.10 Å². The zero-order chi connectivity index (χ0) is 23.9. The van der Waals surface area contributed by atoms with Crippen LogP contribution in [0.2, 0.25) is 0 Å². The summed E-state index contributed by atoms with van der Waals surface area (Å²) in [5.41, 5.74) is 2.26. The van der Waals surface area contributed by atoms with Crippen LogP contribution in [-0.2, 0) is 13.1 Å². The van der Waals surface area contributed by atoms with Crippen molar-refractivity contribution in [3.63, 3.8) is 0 Å². The Balaban J connectivity index is 1.59. The summed E-state index contributed by atoms with van der Waals surface area (Å²) in [4.78, 5) is 18.5. The van der Waals surface area contributed by atoms with Crippen LogP contribution in [-0.4, -0.2) is 37.9 Å². The van der Waals surface area contributed by atoms with Gasteiger partial charge in [-0.2, -0.15) is 23.5 Å². The first-order valence-corrected chi connectivity index (χ1v) is 9.83. The van der Waals surface area contributed by atoms with E-state index in [0.717, 1.165) is 13.1 Å². The number of ether oxygens (including phenoxy) is 1. The number of fused-ring (bicyclic) bond motifs is 1. The number of hydrogen-bond donors (Lipinski definition) is 0. The molecule has 2 aromatic heterocycles. The number of carbonyl (C=O) groups excluding carboxylic acids is 1. The predicted octanol–water partition coefficient (Wildman–Crippen LogP) is 4.07. The second-order valence-corrected chi connectivity index (χ2v) is 7.59. The van der Waals surface area contributed by atoms with Crippen LogP contribution in [0, 0.1) is 24.1 Å². The minimum Gasteiger partial charge on any atom is -0.480 e. The van der Waals surface area contributed by atoms with Gasteiger partial charge in [-0.3, -0.25) is 9.78 Å². The molecular weight excluding hydrogens is 442 g/mol. The second-order valence-electron chi connectivity index (χ2n) is 7.59. The molecule has 1 aliphatic rings. The number of amides is 1. The third kappa shape index (κ3) is 4.37. The molecule has 33 heavy (non-hydrogen) atoms. The average molecular weight is 459 g/mol. The smallest absolute Gasteiger partial charge is 0.425 e. The minimum absolute atomic E-state index is 0.0913. The summed E-state index contributed by atoms with van der Waals surface area (Å²) in [5, 5.41) is 13.6. The van der Waals surface area contributed by atoms with E-state index >= 15 is 0 Å². The van der Waals surface area contributed by atoms with Gasteiger partial charge in [0, 0.05) is 24.4 Å². The van der Waals surface area contributed by atoms with E-state index in [-0.39, 0.29) is 30.0 Å². The number of carbonyl (C=O) groups is 1. The molecule has 1 aliphatic heterocycles. The van der Waals surface area contributed by atoms with Crippen LogP contribution < -0.4 is 4.74 Å². The van der Waals surface area contributed by atoms with Crippen LogP contribution in [0.15, 0.2) is 36.7 Å². The van der Waals surface area contributed by atoms with Crippen molar-refractivity contribution in [2.24, 2.45) is 0 Å². The van der Waals surface area contributed by atoms with E-state index in [1.165, 1.54) is 33.8 Å². The molecule has 0 N–H and O–H groups in total. The minimum atomic E-state index is -4.62. The maximum atomic E-state index is 13.6. The highest BCUT2D eigenvalue weighted by Crippen LogP contribution is 2.31. The van der Waals surface area contributed by atoms with Gasteiger partial charge in [0.2, 0.25) is 0 Å². The van der Waals surface area contributed by atoms with Gasteiger partial charge < -0.3 is 9.64 Å². The number of alkyl halides is 3. The Labute approximate surface area is 185 Å². The largest absolute Gasteiger partial charge is 0.480 e. The van der Waals surface area contributed by atoms with E-state index in [4.69, 9.17) is 10.00 Å². The highest BCUT2D eigenvalue weighted by molar-refractivity contribution is 5.97. The molecule has 170 valence electrons. The van der Waals surface area contributed by atoms with Crippen molar-refractivity contribution in [1.82, 2.24) is 19.7 Å². The number of aryl methyl sites for hydroxylation is 1. The van der Waals surface area contributed by atoms with E-state index < -0.39 is 24.0 Å². The Bertz CT molecular complexity index is 1260. The lowest BCUT2D eigenvalue weighted by atomic mass is 10.1. The third-order valence-electron chi connectivity index (χ3n) is 5.24. The fraction of sp³-hybridized carbons (Fsp3) is 0.273. The fourth-order valence-electron chi connectivity index (χ4n) is 3.45. The summed E-state index contributed by atoms with van der Waals surface area (Å²) in [6.07, 6.45) is -4.00. The molecule has 0 radical (unpaired) electrons. The van der Waals surface area contributed by atoms with Crippen LogP contribution in [0.25, 0.3) is 5.69 Å². The summed E-state index contributed by atoms with van der Waals surface area (Å²) in [6.45, 7) is 2.78. The molecule has 0 saturated carbocycles. The summed E-state index contributed by atoms with van der Waals surface area (Å²) in [7, 11) is 0. The van der Waals surface area contributed by atoms with Gasteiger partial charge >= 0.3 is 6.18 Å². The Hall–Kier alpha value is -3.94. The van der Waals surface area contributed by atoms with Crippen LogP contribution in [0.5, 0.6) is 5.75 Å². The van der Waals surface area contributed by atoms with E-state index in [0.29, 0.717) is 22.6 Å². The molecule has 1 unspecified atom stereocenters. The van der Waals surface area contributed by atoms with E-state index in [1.54, 1.807) is 13.1 Å². The zero-order valence-electron chi connectivity index (χ0n) is 17.5. The molecule has 11 heteroatoms. The Morgan fingerprint density at radius 3 is 2.70 bits per heavy atom. The fourth-order valence-corrected chi connectivity index (χ4v) is 3.45. The van der Waals surface area contributed by atoms with Crippen molar-refractivity contribution in [2.45, 2.75) is 39.2 Å². The van der Waals surface area contributed by atoms with Crippen molar-refractivity contribution in [3.05, 3.63) is 70.6 Å². The summed E-state index contributed by atoms with van der Waals surface area (Å²) >= 11 is 0. The number of rotatable bonds is 4. The molecule has 3 aromatic rings. The van der Waals surface area contributed by atoms with E-state index in [1.807, 2.05) is 6.07 Å². The first-order valence-electron chi connectivity index (χ1n) is 9.83. The quantitative estimate of drug-likeness (QED) is 0.549. The van der Waals surface area contributed by atoms with Gasteiger partial charge in [-0.15, -0.1) is 0 Å². The Morgan fingerprint density at radius 1 is 1.27 bits per heavy atom. The number of aromatic nitrogens is 3. The van der Waals surface area contributed by atoms with Gasteiger partial charge in [-0.1, -0.05) is 0 Å². The maximum Gasteiger partial charge on any atom is 0.425 e. The SMILES string of the molecule is Cc1ncc(F)cc1-n1cc2c(n1)CN(C(=O)c1cc(C#N)ccc1OC(C)C(F)(F)F)C2. The number of nitrogens with zero attached hydrogens (tertiary/aromatic N) is 5. The normalized spacial score (nSPS) is 14.0. The van der Waals surface area contributed by atoms with Crippen molar-refractivity contribution in [3.8, 4) is 17.5 Å². The van der Waals surface area contributed by atoms with Crippen molar-refractivity contribution in [2.75, 3.05) is 0 Å². The molecule has 0 fully saturated rings. The predicted molar refractivity (Wildman–Crippen MR) is 107 cm³/mol. The second kappa shape index (κ2) is 8.20. The third-order valence-corrected chi connectivity index (χ3v) is 5.24. The molecule has 3 heterocycles. The van der Waals surface area contributed by atoms with Gasteiger partial charge in [0.05, 0.1) is 47.0 Å². The Kier molecular flexibility index (Phi) is 5.53. The number of pyridine rings is 1. The highest BCUT2D eigenvalue weighted by Gasteiger charge is 2.39. The van der Waals surface area contributed by atoms with Crippen molar-refractivity contribution < 1.29 is 27.1 Å². The van der Waals surface area contributed by atoms with E-state index in [9.17, 15) is 22.4 Å². The maximum absolute atomic E-state index is 13.6. The number of benzene rings is 1. The average Bonchev–Trinajstić information content (AvgIpc) is 3.34. The molecule has 7 nitrogen and oxygen atoms in total. The number of halogens is 4. The highest BCUT2D eigenvalue weighted by atomic mass is 19.4. The molecule has 0 bridgehead atoms. The topological polar surface area (TPSA) is 84.0 Å². The summed E-state index contributed by atoms with van der Waals surface area (Å²) < 4.78 is 59.0. The zero-order valence-corrected chi connectivity index (χ0v) is 17.5. The molecule has 1 atom stereocenters. The van der Waals surface area contributed by atoms with Crippen LogP contribution in [0.4, 0.5) is 17.6 Å². The number of hydrogen-bond acceptors (Lipinski definition) is 5. The summed E-state index contributed by atoms with van der Waals surface area (Å²) in [6, 6.07) is 6.84. The molecule has 0 aliphatic carbocycles. The summed E-state index contributed by atoms with van der Waals surface area (Å²) in [5.74, 6) is -1.37. The lowest BCUT2D eigenvalue weighted by Crippen LogP contribution is -2.32. The standard InChI is InChI=1S/C22H17F4N5O2/c1-12-19(6-16(23)8-28-12)31-10-15-9-30(11-18(15)29-31)21(32)17-5-14(7-27)3-4-20(17)33-13(2)22(24,25)26/h3-6,8,10,13H,9,11H2,1-2H3. The number of nitriles is 1. The lowest BCUT2D eigenvalue weighted by molar-refractivity contribution is -0.189.